The van der Waals surface area contributed by atoms with Gasteiger partial charge in [0.15, 0.2) is 5.69 Å². The van der Waals surface area contributed by atoms with E-state index in [2.05, 4.69) is 38.1 Å². The summed E-state index contributed by atoms with van der Waals surface area (Å²) in [5.41, 5.74) is 11.9. The summed E-state index contributed by atoms with van der Waals surface area (Å²) in [7, 11) is 1.89. The minimum atomic E-state index is -0.519. The maximum absolute atomic E-state index is 12.9. The first-order valence-electron chi connectivity index (χ1n) is 10.3. The molecule has 0 fully saturated rings. The third kappa shape index (κ3) is 4.87. The topological polar surface area (TPSA) is 140 Å². The second kappa shape index (κ2) is 9.73. The molecule has 0 radical (unpaired) electrons. The van der Waals surface area contributed by atoms with Crippen molar-refractivity contribution in [2.75, 3.05) is 17.7 Å². The molecule has 0 saturated heterocycles. The SMILES string of the molecule is CCc1ccc(/C=N\NC(=O)c2nnn(-c3nonc3N)c2CN(C)c2ccccc2)cc1. The first-order valence-corrected chi connectivity index (χ1v) is 10.3. The highest BCUT2D eigenvalue weighted by Crippen LogP contribution is 2.20. The molecule has 0 aliphatic carbocycles. The van der Waals surface area contributed by atoms with Gasteiger partial charge in [-0.15, -0.1) is 5.10 Å². The fraction of sp³-hybridized carbons (Fsp3) is 0.182. The van der Waals surface area contributed by atoms with E-state index in [-0.39, 0.29) is 23.9 Å². The van der Waals surface area contributed by atoms with Gasteiger partial charge in [-0.2, -0.15) is 9.78 Å². The second-order valence-corrected chi connectivity index (χ2v) is 7.26. The van der Waals surface area contributed by atoms with Crippen molar-refractivity contribution >= 4 is 23.6 Å². The number of nitrogens with two attached hydrogens (primary N) is 1. The number of anilines is 2. The number of hydrogen-bond acceptors (Lipinski definition) is 9. The molecule has 0 unspecified atom stereocenters. The van der Waals surface area contributed by atoms with Crippen molar-refractivity contribution in [3.8, 4) is 5.82 Å². The molecule has 11 heteroatoms. The Morgan fingerprint density at radius 3 is 2.61 bits per heavy atom. The summed E-state index contributed by atoms with van der Waals surface area (Å²) >= 11 is 0. The van der Waals surface area contributed by atoms with Crippen molar-refractivity contribution in [2.45, 2.75) is 19.9 Å². The molecule has 0 atom stereocenters. The third-order valence-electron chi connectivity index (χ3n) is 5.03. The number of aryl methyl sites for hydroxylation is 1. The molecule has 0 bridgehead atoms. The quantitative estimate of drug-likeness (QED) is 0.311. The maximum Gasteiger partial charge on any atom is 0.293 e. The number of carbonyl (C=O) groups excluding carboxylic acids is 1. The Kier molecular flexibility index (Phi) is 6.39. The van der Waals surface area contributed by atoms with E-state index in [1.54, 1.807) is 6.21 Å². The first kappa shape index (κ1) is 21.7. The molecule has 1 amide bonds. The highest BCUT2D eigenvalue weighted by molar-refractivity contribution is 5.94. The molecule has 2 heterocycles. The summed E-state index contributed by atoms with van der Waals surface area (Å²) in [6.07, 6.45) is 2.52. The van der Waals surface area contributed by atoms with Crippen molar-refractivity contribution in [1.29, 1.82) is 0 Å². The molecular formula is C22H23N9O2. The van der Waals surface area contributed by atoms with Crippen LogP contribution in [0.3, 0.4) is 0 Å². The lowest BCUT2D eigenvalue weighted by atomic mass is 10.1. The number of benzene rings is 2. The summed E-state index contributed by atoms with van der Waals surface area (Å²) in [5, 5.41) is 19.5. The molecule has 0 saturated carbocycles. The van der Waals surface area contributed by atoms with Crippen LogP contribution in [0.1, 0.15) is 34.2 Å². The van der Waals surface area contributed by atoms with E-state index < -0.39 is 5.91 Å². The maximum atomic E-state index is 12.9. The number of hydrazone groups is 1. The Bertz CT molecular complexity index is 1250. The van der Waals surface area contributed by atoms with E-state index in [0.717, 1.165) is 17.7 Å². The molecule has 2 aromatic carbocycles. The van der Waals surface area contributed by atoms with Crippen LogP contribution in [0.25, 0.3) is 5.82 Å². The van der Waals surface area contributed by atoms with Crippen LogP contribution >= 0.6 is 0 Å². The van der Waals surface area contributed by atoms with E-state index in [1.165, 1.54) is 10.2 Å². The number of aromatic nitrogens is 5. The molecule has 11 nitrogen and oxygen atoms in total. The molecule has 0 spiro atoms. The Morgan fingerprint density at radius 2 is 1.94 bits per heavy atom. The number of nitrogens with zero attached hydrogens (tertiary/aromatic N) is 7. The Balaban J connectivity index is 1.58. The van der Waals surface area contributed by atoms with Crippen LogP contribution in [0.2, 0.25) is 0 Å². The predicted octanol–water partition coefficient (Wildman–Crippen LogP) is 2.20. The lowest BCUT2D eigenvalue weighted by Gasteiger charge is -2.19. The van der Waals surface area contributed by atoms with Gasteiger partial charge in [0.1, 0.15) is 0 Å². The summed E-state index contributed by atoms with van der Waals surface area (Å²) in [6, 6.07) is 17.6. The zero-order valence-corrected chi connectivity index (χ0v) is 18.2. The number of carbonyl (C=O) groups is 1. The summed E-state index contributed by atoms with van der Waals surface area (Å²) < 4.78 is 6.03. The number of para-hydroxylation sites is 1. The van der Waals surface area contributed by atoms with Crippen molar-refractivity contribution in [3.05, 3.63) is 77.1 Å². The van der Waals surface area contributed by atoms with Gasteiger partial charge in [0.05, 0.1) is 18.5 Å². The van der Waals surface area contributed by atoms with E-state index in [0.29, 0.717) is 5.69 Å². The van der Waals surface area contributed by atoms with Gasteiger partial charge in [-0.25, -0.2) is 10.1 Å². The fourth-order valence-corrected chi connectivity index (χ4v) is 3.18. The predicted molar refractivity (Wildman–Crippen MR) is 123 cm³/mol. The summed E-state index contributed by atoms with van der Waals surface area (Å²) in [6.45, 7) is 2.38. The van der Waals surface area contributed by atoms with Gasteiger partial charge < -0.3 is 10.6 Å². The van der Waals surface area contributed by atoms with Gasteiger partial charge in [0, 0.05) is 12.7 Å². The number of amides is 1. The summed E-state index contributed by atoms with van der Waals surface area (Å²) in [4.78, 5) is 14.8. The van der Waals surface area contributed by atoms with Gasteiger partial charge in [-0.3, -0.25) is 4.79 Å². The van der Waals surface area contributed by atoms with E-state index >= 15 is 0 Å². The van der Waals surface area contributed by atoms with Crippen LogP contribution in [0.15, 0.2) is 64.3 Å². The van der Waals surface area contributed by atoms with Crippen LogP contribution in [0, 0.1) is 0 Å². The molecule has 4 rings (SSSR count). The molecule has 168 valence electrons. The monoisotopic (exact) mass is 445 g/mol. The lowest BCUT2D eigenvalue weighted by molar-refractivity contribution is 0.0949. The van der Waals surface area contributed by atoms with Crippen molar-refractivity contribution in [3.63, 3.8) is 0 Å². The molecule has 2 aromatic heterocycles. The van der Waals surface area contributed by atoms with E-state index in [1.807, 2.05) is 66.5 Å². The third-order valence-corrected chi connectivity index (χ3v) is 5.03. The van der Waals surface area contributed by atoms with Gasteiger partial charge in [-0.05, 0) is 40.0 Å². The zero-order chi connectivity index (χ0) is 23.2. The molecule has 0 aliphatic heterocycles. The smallest absolute Gasteiger partial charge is 0.293 e. The average molecular weight is 445 g/mol. The Morgan fingerprint density at radius 1 is 1.18 bits per heavy atom. The van der Waals surface area contributed by atoms with Crippen LogP contribution < -0.4 is 16.1 Å². The minimum absolute atomic E-state index is 0.0315. The van der Waals surface area contributed by atoms with Crippen LogP contribution in [-0.2, 0) is 13.0 Å². The molecular weight excluding hydrogens is 422 g/mol. The highest BCUT2D eigenvalue weighted by atomic mass is 16.6. The first-order chi connectivity index (χ1) is 16.1. The standard InChI is InChI=1S/C22H23N9O2/c1-3-15-9-11-16(12-10-15)13-24-26-22(32)19-18(14-30(2)17-7-5-4-6-8-17)31(29-25-19)21-20(23)27-33-28-21/h4-13H,3,14H2,1-2H3,(H2,23,27)(H,26,32)/b24-13-. The molecule has 3 N–H and O–H groups in total. The van der Waals surface area contributed by atoms with Crippen molar-refractivity contribution in [2.24, 2.45) is 5.10 Å². The number of hydrogen-bond donors (Lipinski definition) is 2. The van der Waals surface area contributed by atoms with Crippen molar-refractivity contribution in [1.82, 2.24) is 30.7 Å². The number of rotatable bonds is 8. The van der Waals surface area contributed by atoms with Gasteiger partial charge in [0.25, 0.3) is 5.91 Å². The fourth-order valence-electron chi connectivity index (χ4n) is 3.18. The largest absolute Gasteiger partial charge is 0.378 e. The van der Waals surface area contributed by atoms with E-state index in [4.69, 9.17) is 10.4 Å². The second-order valence-electron chi connectivity index (χ2n) is 7.26. The number of nitrogen functional groups attached to an aromatic ring is 1. The molecule has 0 aliphatic rings. The summed E-state index contributed by atoms with van der Waals surface area (Å²) in [5.74, 6) is -0.337. The highest BCUT2D eigenvalue weighted by Gasteiger charge is 2.25. The zero-order valence-electron chi connectivity index (χ0n) is 18.2. The van der Waals surface area contributed by atoms with Gasteiger partial charge in [-0.1, -0.05) is 54.6 Å². The van der Waals surface area contributed by atoms with Gasteiger partial charge >= 0.3 is 0 Å². The molecule has 4 aromatic rings. The molecule has 33 heavy (non-hydrogen) atoms. The van der Waals surface area contributed by atoms with Crippen LogP contribution in [-0.4, -0.2) is 44.5 Å². The minimum Gasteiger partial charge on any atom is -0.378 e. The lowest BCUT2D eigenvalue weighted by Crippen LogP contribution is -2.24. The Labute approximate surface area is 189 Å². The van der Waals surface area contributed by atoms with Crippen molar-refractivity contribution < 1.29 is 9.42 Å². The van der Waals surface area contributed by atoms with Gasteiger partial charge in [0.2, 0.25) is 11.6 Å². The normalized spacial score (nSPS) is 11.1. The van der Waals surface area contributed by atoms with Crippen LogP contribution in [0.5, 0.6) is 0 Å². The average Bonchev–Trinajstić information content (AvgIpc) is 3.45. The number of nitrogens with one attached hydrogen (secondary N) is 1. The van der Waals surface area contributed by atoms with Crippen LogP contribution in [0.4, 0.5) is 11.5 Å². The van der Waals surface area contributed by atoms with E-state index in [9.17, 15) is 4.79 Å². The Hall–Kier alpha value is -4.54.